The molecule has 0 spiro atoms. The van der Waals surface area contributed by atoms with Gasteiger partial charge in [-0.05, 0) is 35.4 Å². The maximum absolute atomic E-state index is 11.7. The first-order chi connectivity index (χ1) is 15.1. The van der Waals surface area contributed by atoms with Crippen LogP contribution in [0, 0.1) is 0 Å². The predicted molar refractivity (Wildman–Crippen MR) is 112 cm³/mol. The van der Waals surface area contributed by atoms with Gasteiger partial charge in [0.05, 0.1) is 65.0 Å². The number of rotatable bonds is 13. The molecule has 0 aliphatic carbocycles. The molecule has 0 fully saturated rings. The van der Waals surface area contributed by atoms with Crippen LogP contribution in [0.15, 0.2) is 48.5 Å². The van der Waals surface area contributed by atoms with Gasteiger partial charge in [0.2, 0.25) is 0 Å². The molecule has 0 saturated heterocycles. The third kappa shape index (κ3) is 7.76. The van der Waals surface area contributed by atoms with E-state index in [2.05, 4.69) is 0 Å². The minimum atomic E-state index is -0.423. The van der Waals surface area contributed by atoms with Crippen molar-refractivity contribution in [2.45, 2.75) is 6.10 Å². The van der Waals surface area contributed by atoms with Gasteiger partial charge in [0, 0.05) is 0 Å². The Kier molecular flexibility index (Phi) is 10.7. The van der Waals surface area contributed by atoms with Crippen molar-refractivity contribution in [3.05, 3.63) is 70.8 Å². The maximum atomic E-state index is 11.7. The summed E-state index contributed by atoms with van der Waals surface area (Å²) in [7, 11) is 2.67. The Morgan fingerprint density at radius 1 is 0.710 bits per heavy atom. The Balaban J connectivity index is 2.06. The molecule has 0 unspecified atom stereocenters. The molecule has 0 aliphatic rings. The van der Waals surface area contributed by atoms with Crippen LogP contribution in [0.1, 0.15) is 37.9 Å². The van der Waals surface area contributed by atoms with Crippen molar-refractivity contribution in [2.24, 2.45) is 0 Å². The van der Waals surface area contributed by atoms with Crippen LogP contribution in [0.4, 0.5) is 0 Å². The largest absolute Gasteiger partial charge is 0.465 e. The zero-order valence-electron chi connectivity index (χ0n) is 17.7. The van der Waals surface area contributed by atoms with Gasteiger partial charge in [-0.1, -0.05) is 24.3 Å². The third-order valence-corrected chi connectivity index (χ3v) is 4.39. The van der Waals surface area contributed by atoms with E-state index in [1.807, 2.05) is 0 Å². The van der Waals surface area contributed by atoms with Crippen molar-refractivity contribution < 1.29 is 38.4 Å². The number of aliphatic hydroxyl groups excluding tert-OH is 1. The lowest BCUT2D eigenvalue weighted by atomic mass is 9.99. The van der Waals surface area contributed by atoms with E-state index in [-0.39, 0.29) is 13.2 Å². The number of hydrogen-bond donors (Lipinski definition) is 1. The Bertz CT molecular complexity index is 742. The fraction of sp³-hybridized carbons (Fsp3) is 0.391. The first kappa shape index (κ1) is 24.5. The van der Waals surface area contributed by atoms with Crippen LogP contribution in [-0.4, -0.2) is 70.9 Å². The molecular weight excluding hydrogens is 404 g/mol. The van der Waals surface area contributed by atoms with Crippen LogP contribution >= 0.6 is 0 Å². The average Bonchev–Trinajstić information content (AvgIpc) is 2.82. The lowest BCUT2D eigenvalue weighted by molar-refractivity contribution is -0.00569. The topological polar surface area (TPSA) is 101 Å². The Hall–Kier alpha value is -2.78. The molecule has 1 N–H and O–H groups in total. The first-order valence-corrected chi connectivity index (χ1v) is 9.85. The summed E-state index contributed by atoms with van der Waals surface area (Å²) < 4.78 is 26.2. The Morgan fingerprint density at radius 2 is 1.13 bits per heavy atom. The molecule has 0 bridgehead atoms. The second-order valence-corrected chi connectivity index (χ2v) is 6.43. The normalized spacial score (nSPS) is 10.8. The van der Waals surface area contributed by atoms with Crippen LogP contribution in [0.5, 0.6) is 0 Å². The summed E-state index contributed by atoms with van der Waals surface area (Å²) in [4.78, 5) is 23.4. The van der Waals surface area contributed by atoms with Gasteiger partial charge in [0.25, 0.3) is 0 Å². The summed E-state index contributed by atoms with van der Waals surface area (Å²) in [5, 5.41) is 8.67. The van der Waals surface area contributed by atoms with Crippen LogP contribution < -0.4 is 0 Å². The van der Waals surface area contributed by atoms with Gasteiger partial charge in [0.15, 0.2) is 0 Å². The minimum absolute atomic E-state index is 0.0195. The van der Waals surface area contributed by atoms with E-state index in [0.717, 1.165) is 11.1 Å². The summed E-state index contributed by atoms with van der Waals surface area (Å²) in [6.45, 7) is 1.74. The molecule has 0 saturated carbocycles. The van der Waals surface area contributed by atoms with Crippen molar-refractivity contribution in [3.63, 3.8) is 0 Å². The number of aliphatic hydroxyl groups is 1. The number of carbonyl (C=O) groups excluding carboxylic acids is 2. The molecule has 2 aromatic rings. The van der Waals surface area contributed by atoms with Crippen LogP contribution in [0.25, 0.3) is 0 Å². The van der Waals surface area contributed by atoms with Crippen LogP contribution in [0.2, 0.25) is 0 Å². The monoisotopic (exact) mass is 432 g/mol. The highest BCUT2D eigenvalue weighted by molar-refractivity contribution is 5.89. The van der Waals surface area contributed by atoms with E-state index in [9.17, 15) is 9.59 Å². The van der Waals surface area contributed by atoms with Crippen LogP contribution in [-0.2, 0) is 23.7 Å². The number of methoxy groups -OCH3 is 2. The quantitative estimate of drug-likeness (QED) is 0.380. The van der Waals surface area contributed by atoms with Crippen molar-refractivity contribution >= 4 is 11.9 Å². The smallest absolute Gasteiger partial charge is 0.337 e. The number of esters is 2. The standard InChI is InChI=1S/C23H28O8/c1-27-22(25)19-7-3-17(4-8-19)21(31-16-15-30-14-13-29-12-11-24)18-5-9-20(10-6-18)23(26)28-2/h3-10,21,24H,11-16H2,1-2H3. The molecule has 0 heterocycles. The molecule has 168 valence electrons. The van der Waals surface area contributed by atoms with Gasteiger partial charge in [-0.3, -0.25) is 0 Å². The van der Waals surface area contributed by atoms with Gasteiger partial charge in [-0.2, -0.15) is 0 Å². The van der Waals surface area contributed by atoms with Gasteiger partial charge in [-0.25, -0.2) is 9.59 Å². The molecule has 0 amide bonds. The molecule has 2 rings (SSSR count). The summed E-state index contributed by atoms with van der Waals surface area (Å²) in [6, 6.07) is 13.9. The van der Waals surface area contributed by atoms with E-state index in [1.54, 1.807) is 48.5 Å². The lowest BCUT2D eigenvalue weighted by Gasteiger charge is -2.20. The van der Waals surface area contributed by atoms with Gasteiger partial charge >= 0.3 is 11.9 Å². The van der Waals surface area contributed by atoms with Crippen LogP contribution in [0.3, 0.4) is 0 Å². The van der Waals surface area contributed by atoms with Crippen molar-refractivity contribution in [1.82, 2.24) is 0 Å². The highest BCUT2D eigenvalue weighted by Crippen LogP contribution is 2.27. The number of ether oxygens (including phenoxy) is 5. The van der Waals surface area contributed by atoms with E-state index >= 15 is 0 Å². The molecular formula is C23H28O8. The molecule has 2 aromatic carbocycles. The first-order valence-electron chi connectivity index (χ1n) is 9.85. The number of hydrogen-bond acceptors (Lipinski definition) is 8. The molecule has 0 aromatic heterocycles. The molecule has 31 heavy (non-hydrogen) atoms. The van der Waals surface area contributed by atoms with E-state index < -0.39 is 18.0 Å². The minimum Gasteiger partial charge on any atom is -0.465 e. The highest BCUT2D eigenvalue weighted by atomic mass is 16.5. The number of benzene rings is 2. The number of carbonyl (C=O) groups is 2. The molecule has 8 nitrogen and oxygen atoms in total. The Morgan fingerprint density at radius 3 is 1.55 bits per heavy atom. The van der Waals surface area contributed by atoms with E-state index in [1.165, 1.54) is 14.2 Å². The summed E-state index contributed by atoms with van der Waals surface area (Å²) in [5.41, 5.74) is 2.56. The van der Waals surface area contributed by atoms with Crippen molar-refractivity contribution in [3.8, 4) is 0 Å². The zero-order chi connectivity index (χ0) is 22.5. The van der Waals surface area contributed by atoms with Crippen molar-refractivity contribution in [2.75, 3.05) is 53.9 Å². The lowest BCUT2D eigenvalue weighted by Crippen LogP contribution is -2.14. The average molecular weight is 432 g/mol. The second kappa shape index (κ2) is 13.5. The van der Waals surface area contributed by atoms with E-state index in [0.29, 0.717) is 37.6 Å². The fourth-order valence-corrected chi connectivity index (χ4v) is 2.82. The summed E-state index contributed by atoms with van der Waals surface area (Å²) in [6.07, 6.45) is -0.423. The predicted octanol–water partition coefficient (Wildman–Crippen LogP) is 2.39. The second-order valence-electron chi connectivity index (χ2n) is 6.43. The highest BCUT2D eigenvalue weighted by Gasteiger charge is 2.17. The van der Waals surface area contributed by atoms with E-state index in [4.69, 9.17) is 28.8 Å². The SMILES string of the molecule is COC(=O)c1ccc(C(OCCOCCOCCO)c2ccc(C(=O)OC)cc2)cc1. The molecule has 8 heteroatoms. The Labute approximate surface area is 181 Å². The van der Waals surface area contributed by atoms with Gasteiger partial charge < -0.3 is 28.8 Å². The van der Waals surface area contributed by atoms with Crippen molar-refractivity contribution in [1.29, 1.82) is 0 Å². The molecule has 0 radical (unpaired) electrons. The molecule has 0 aliphatic heterocycles. The fourth-order valence-electron chi connectivity index (χ4n) is 2.82. The molecule has 0 atom stereocenters. The maximum Gasteiger partial charge on any atom is 0.337 e. The zero-order valence-corrected chi connectivity index (χ0v) is 17.7. The van der Waals surface area contributed by atoms with Gasteiger partial charge in [-0.15, -0.1) is 0 Å². The third-order valence-electron chi connectivity index (χ3n) is 4.39. The summed E-state index contributed by atoms with van der Waals surface area (Å²) in [5.74, 6) is -0.827. The van der Waals surface area contributed by atoms with Gasteiger partial charge in [0.1, 0.15) is 6.10 Å². The summed E-state index contributed by atoms with van der Waals surface area (Å²) >= 11 is 0.